The van der Waals surface area contributed by atoms with Crippen LogP contribution in [0.25, 0.3) is 16.7 Å². The first-order chi connectivity index (χ1) is 15.3. The van der Waals surface area contributed by atoms with Gasteiger partial charge in [0.2, 0.25) is 0 Å². The number of piperazine rings is 1. The maximum Gasteiger partial charge on any atom is 0.257 e. The second-order valence-electron chi connectivity index (χ2n) is 8.56. The number of anilines is 2. The molecule has 0 bridgehead atoms. The molecule has 1 saturated heterocycles. The second-order valence-corrected chi connectivity index (χ2v) is 8.56. The maximum atomic E-state index is 14.4. The fraction of sp³-hybridized carbons (Fsp3) is 0.364. The quantitative estimate of drug-likeness (QED) is 0.513. The number of amides is 1. The molecule has 4 heterocycles. The van der Waals surface area contributed by atoms with Gasteiger partial charge in [-0.05, 0) is 32.9 Å². The zero-order chi connectivity index (χ0) is 22.6. The Kier molecular flexibility index (Phi) is 4.81. The van der Waals surface area contributed by atoms with Crippen LogP contribution >= 0.6 is 0 Å². The monoisotopic (exact) mass is 436 g/mol. The third-order valence-electron chi connectivity index (χ3n) is 5.76. The van der Waals surface area contributed by atoms with Crippen LogP contribution < -0.4 is 15.5 Å². The number of benzene rings is 1. The van der Waals surface area contributed by atoms with Gasteiger partial charge >= 0.3 is 0 Å². The molecule has 0 saturated carbocycles. The van der Waals surface area contributed by atoms with Crippen molar-refractivity contribution in [1.29, 1.82) is 0 Å². The fourth-order valence-corrected chi connectivity index (χ4v) is 4.56. The molecule has 0 unspecified atom stereocenters. The van der Waals surface area contributed by atoms with E-state index in [1.807, 2.05) is 6.07 Å². The second kappa shape index (κ2) is 7.56. The van der Waals surface area contributed by atoms with E-state index in [0.29, 0.717) is 40.1 Å². The van der Waals surface area contributed by atoms with Crippen LogP contribution in [0, 0.1) is 12.7 Å². The summed E-state index contributed by atoms with van der Waals surface area (Å²) in [6.07, 6.45) is 3.36. The van der Waals surface area contributed by atoms with E-state index in [-0.39, 0.29) is 11.6 Å². The van der Waals surface area contributed by atoms with E-state index in [1.54, 1.807) is 41.5 Å². The summed E-state index contributed by atoms with van der Waals surface area (Å²) in [6.45, 7) is 7.76. The Balaban J connectivity index is 1.51. The van der Waals surface area contributed by atoms with E-state index in [9.17, 15) is 9.18 Å². The Morgan fingerprint density at radius 2 is 1.97 bits per heavy atom. The van der Waals surface area contributed by atoms with Crippen molar-refractivity contribution in [2.75, 3.05) is 23.3 Å². The molecule has 2 N–H and O–H groups in total. The molecule has 0 radical (unpaired) electrons. The molecule has 4 aromatic rings. The number of aryl methyl sites for hydroxylation is 2. The van der Waals surface area contributed by atoms with Crippen molar-refractivity contribution < 1.29 is 9.18 Å². The number of hydrogen-bond acceptors (Lipinski definition) is 6. The lowest BCUT2D eigenvalue weighted by molar-refractivity contribution is 0.102. The van der Waals surface area contributed by atoms with E-state index in [0.717, 1.165) is 18.8 Å². The van der Waals surface area contributed by atoms with Crippen molar-refractivity contribution in [2.24, 2.45) is 7.05 Å². The molecule has 166 valence electrons. The molecular formula is C22H25FN8O. The van der Waals surface area contributed by atoms with Crippen molar-refractivity contribution in [1.82, 2.24) is 29.7 Å². The first-order valence-corrected chi connectivity index (χ1v) is 10.6. The number of halogens is 1. The number of pyridine rings is 1. The van der Waals surface area contributed by atoms with Crippen LogP contribution in [0.3, 0.4) is 0 Å². The number of fused-ring (bicyclic) bond motifs is 2. The summed E-state index contributed by atoms with van der Waals surface area (Å²) < 4.78 is 17.6. The van der Waals surface area contributed by atoms with Gasteiger partial charge in [0.1, 0.15) is 11.0 Å². The molecule has 10 heteroatoms. The number of rotatable bonds is 3. The fourth-order valence-electron chi connectivity index (χ4n) is 4.56. The van der Waals surface area contributed by atoms with Gasteiger partial charge < -0.3 is 19.9 Å². The zero-order valence-corrected chi connectivity index (χ0v) is 18.4. The SMILES string of the molecule is Cc1cn2cc(NC(=O)c3ccc(N4C[C@H](C)N[C@@H](C)C4)c4nnn(C)c34)cc(F)c2n1. The molecule has 0 spiro atoms. The molecule has 9 nitrogen and oxygen atoms in total. The predicted octanol–water partition coefficient (Wildman–Crippen LogP) is 2.50. The van der Waals surface area contributed by atoms with E-state index in [4.69, 9.17) is 0 Å². The summed E-state index contributed by atoms with van der Waals surface area (Å²) in [5.74, 6) is -0.856. The van der Waals surface area contributed by atoms with Gasteiger partial charge in [-0.15, -0.1) is 5.10 Å². The first kappa shape index (κ1) is 20.4. The van der Waals surface area contributed by atoms with E-state index >= 15 is 0 Å². The smallest absolute Gasteiger partial charge is 0.257 e. The first-order valence-electron chi connectivity index (χ1n) is 10.6. The van der Waals surface area contributed by atoms with Crippen LogP contribution in [0.15, 0.2) is 30.6 Å². The number of hydrogen-bond donors (Lipinski definition) is 2. The van der Waals surface area contributed by atoms with Gasteiger partial charge in [0.15, 0.2) is 11.5 Å². The number of aromatic nitrogens is 5. The molecule has 0 aliphatic carbocycles. The van der Waals surface area contributed by atoms with Gasteiger partial charge in [-0.25, -0.2) is 14.1 Å². The van der Waals surface area contributed by atoms with Gasteiger partial charge in [0, 0.05) is 50.7 Å². The Labute approximate surface area is 184 Å². The lowest BCUT2D eigenvalue weighted by Crippen LogP contribution is -2.54. The number of imidazole rings is 1. The molecule has 5 rings (SSSR count). The van der Waals surface area contributed by atoms with Crippen LogP contribution in [0.2, 0.25) is 0 Å². The number of nitrogens with one attached hydrogen (secondary N) is 2. The molecule has 3 aromatic heterocycles. The normalized spacial score (nSPS) is 19.1. The van der Waals surface area contributed by atoms with Crippen LogP contribution in [0.1, 0.15) is 29.9 Å². The average Bonchev–Trinajstić information content (AvgIpc) is 3.29. The van der Waals surface area contributed by atoms with E-state index in [2.05, 4.69) is 44.7 Å². The molecule has 1 amide bonds. The van der Waals surface area contributed by atoms with Gasteiger partial charge in [-0.1, -0.05) is 5.21 Å². The highest BCUT2D eigenvalue weighted by Crippen LogP contribution is 2.29. The Bertz CT molecular complexity index is 1330. The van der Waals surface area contributed by atoms with E-state index in [1.165, 1.54) is 6.07 Å². The van der Waals surface area contributed by atoms with Crippen molar-refractivity contribution in [2.45, 2.75) is 32.9 Å². The Hall–Kier alpha value is -3.53. The minimum atomic E-state index is -0.499. The van der Waals surface area contributed by atoms with Gasteiger partial charge in [0.05, 0.1) is 22.6 Å². The molecule has 1 aliphatic rings. The highest BCUT2D eigenvalue weighted by molar-refractivity contribution is 6.13. The van der Waals surface area contributed by atoms with Crippen molar-refractivity contribution in [3.8, 4) is 0 Å². The molecule has 32 heavy (non-hydrogen) atoms. The summed E-state index contributed by atoms with van der Waals surface area (Å²) in [6, 6.07) is 5.65. The molecular weight excluding hydrogens is 411 g/mol. The minimum Gasteiger partial charge on any atom is -0.367 e. The highest BCUT2D eigenvalue weighted by Gasteiger charge is 2.26. The van der Waals surface area contributed by atoms with Crippen LogP contribution in [0.4, 0.5) is 15.8 Å². The summed E-state index contributed by atoms with van der Waals surface area (Å²) in [7, 11) is 1.76. The average molecular weight is 436 g/mol. The van der Waals surface area contributed by atoms with Crippen LogP contribution in [0.5, 0.6) is 0 Å². The third-order valence-corrected chi connectivity index (χ3v) is 5.76. The molecule has 1 aliphatic heterocycles. The van der Waals surface area contributed by atoms with Crippen LogP contribution in [-0.4, -0.2) is 55.5 Å². The Morgan fingerprint density at radius 1 is 1.22 bits per heavy atom. The minimum absolute atomic E-state index is 0.225. The number of nitrogens with zero attached hydrogens (tertiary/aromatic N) is 6. The Morgan fingerprint density at radius 3 is 2.72 bits per heavy atom. The van der Waals surface area contributed by atoms with Crippen molar-refractivity contribution >= 4 is 34.0 Å². The standard InChI is InChI=1S/C22H25FN8O/c1-12-8-30(9-13(2)24-12)18-6-5-16(20-19(18)27-28-29(20)4)22(32)26-15-7-17(23)21-25-14(3)10-31(21)11-15/h5-7,10-13,24H,8-9H2,1-4H3,(H,26,32)/t12-,13-/m0/s1. The lowest BCUT2D eigenvalue weighted by Gasteiger charge is -2.37. The summed E-state index contributed by atoms with van der Waals surface area (Å²) in [5.41, 5.74) is 3.95. The van der Waals surface area contributed by atoms with E-state index < -0.39 is 5.82 Å². The van der Waals surface area contributed by atoms with Crippen molar-refractivity contribution in [3.63, 3.8) is 0 Å². The summed E-state index contributed by atoms with van der Waals surface area (Å²) in [4.78, 5) is 19.6. The zero-order valence-electron chi connectivity index (χ0n) is 18.4. The van der Waals surface area contributed by atoms with Gasteiger partial charge in [0.25, 0.3) is 5.91 Å². The van der Waals surface area contributed by atoms with Crippen molar-refractivity contribution in [3.05, 3.63) is 47.7 Å². The lowest BCUT2D eigenvalue weighted by atomic mass is 10.1. The van der Waals surface area contributed by atoms with Gasteiger partial charge in [-0.3, -0.25) is 4.79 Å². The third kappa shape index (κ3) is 3.46. The largest absolute Gasteiger partial charge is 0.367 e. The van der Waals surface area contributed by atoms with Gasteiger partial charge in [-0.2, -0.15) is 0 Å². The number of carbonyl (C=O) groups is 1. The molecule has 2 atom stereocenters. The summed E-state index contributed by atoms with van der Waals surface area (Å²) in [5, 5.41) is 14.8. The summed E-state index contributed by atoms with van der Waals surface area (Å²) >= 11 is 0. The number of carbonyl (C=O) groups excluding carboxylic acids is 1. The maximum absolute atomic E-state index is 14.4. The van der Waals surface area contributed by atoms with Crippen LogP contribution in [-0.2, 0) is 7.05 Å². The topological polar surface area (TPSA) is 92.4 Å². The molecule has 1 aromatic carbocycles. The highest BCUT2D eigenvalue weighted by atomic mass is 19.1. The predicted molar refractivity (Wildman–Crippen MR) is 121 cm³/mol. The molecule has 1 fully saturated rings.